The molecular formula is C22H24ClN7O3. The monoisotopic (exact) mass is 469 g/mol. The van der Waals surface area contributed by atoms with Crippen LogP contribution in [0.2, 0.25) is 5.02 Å². The minimum Gasteiger partial charge on any atom is -0.495 e. The highest BCUT2D eigenvalue weighted by Crippen LogP contribution is 2.30. The lowest BCUT2D eigenvalue weighted by Crippen LogP contribution is -2.34. The number of hydrogen-bond acceptors (Lipinski definition) is 9. The molecule has 3 aromatic rings. The normalized spacial score (nSPS) is 15.4. The standard InChI is InChI=1S/C22H24ClN7O3/c1-33-18-6-5-14(10-17(18)23)28-20-16(21(32)26-12-19-24-7-3-8-25-19)11-27-22(29-20)30-9-2-4-15(30)13-31/h3,5-8,10-11,15,31H,2,4,9,12-13H2,1H3,(H,26,32)(H,27,28,29)/t15-/m0/s1. The van der Waals surface area contributed by atoms with E-state index in [4.69, 9.17) is 16.3 Å². The molecule has 0 radical (unpaired) electrons. The molecule has 33 heavy (non-hydrogen) atoms. The second-order valence-electron chi connectivity index (χ2n) is 7.43. The van der Waals surface area contributed by atoms with Crippen molar-refractivity contribution in [2.75, 3.05) is 30.5 Å². The van der Waals surface area contributed by atoms with Crippen LogP contribution in [0.3, 0.4) is 0 Å². The first-order valence-electron chi connectivity index (χ1n) is 10.5. The SMILES string of the molecule is COc1ccc(Nc2nc(N3CCC[C@H]3CO)ncc2C(=O)NCc2ncccn2)cc1Cl. The van der Waals surface area contributed by atoms with E-state index in [0.717, 1.165) is 19.4 Å². The zero-order valence-corrected chi connectivity index (χ0v) is 18.8. The summed E-state index contributed by atoms with van der Waals surface area (Å²) in [6, 6.07) is 6.84. The van der Waals surface area contributed by atoms with Gasteiger partial charge in [-0.1, -0.05) is 11.6 Å². The Morgan fingerprint density at radius 3 is 2.85 bits per heavy atom. The lowest BCUT2D eigenvalue weighted by atomic mass is 10.2. The van der Waals surface area contributed by atoms with Gasteiger partial charge in [-0.25, -0.2) is 15.0 Å². The molecule has 3 N–H and O–H groups in total. The van der Waals surface area contributed by atoms with E-state index in [1.54, 1.807) is 36.7 Å². The quantitative estimate of drug-likeness (QED) is 0.456. The Morgan fingerprint density at radius 2 is 2.12 bits per heavy atom. The molecule has 0 spiro atoms. The summed E-state index contributed by atoms with van der Waals surface area (Å²) in [5.41, 5.74) is 0.882. The maximum atomic E-state index is 13.0. The van der Waals surface area contributed by atoms with Crippen LogP contribution in [-0.4, -0.2) is 57.3 Å². The largest absolute Gasteiger partial charge is 0.495 e. The van der Waals surface area contributed by atoms with Gasteiger partial charge in [0.05, 0.1) is 31.3 Å². The molecule has 4 rings (SSSR count). The summed E-state index contributed by atoms with van der Waals surface area (Å²) in [7, 11) is 1.54. The molecule has 1 aromatic carbocycles. The van der Waals surface area contributed by atoms with Crippen LogP contribution in [0.5, 0.6) is 5.75 Å². The van der Waals surface area contributed by atoms with E-state index in [0.29, 0.717) is 34.1 Å². The molecule has 1 aliphatic heterocycles. The van der Waals surface area contributed by atoms with Gasteiger partial charge in [-0.05, 0) is 37.1 Å². The predicted octanol–water partition coefficient (Wildman–Crippen LogP) is 2.56. The number of benzene rings is 1. The van der Waals surface area contributed by atoms with Crippen LogP contribution in [0.4, 0.5) is 17.5 Å². The molecule has 1 saturated heterocycles. The van der Waals surface area contributed by atoms with Crippen molar-refractivity contribution in [3.63, 3.8) is 0 Å². The van der Waals surface area contributed by atoms with Gasteiger partial charge in [-0.15, -0.1) is 0 Å². The summed E-state index contributed by atoms with van der Waals surface area (Å²) in [6.45, 7) is 0.906. The first-order chi connectivity index (χ1) is 16.1. The molecular weight excluding hydrogens is 446 g/mol. The minimum absolute atomic E-state index is 0.0134. The number of nitrogens with zero attached hydrogens (tertiary/aromatic N) is 5. The van der Waals surface area contributed by atoms with Gasteiger partial charge in [0.25, 0.3) is 5.91 Å². The zero-order chi connectivity index (χ0) is 23.2. The number of carbonyl (C=O) groups is 1. The number of carbonyl (C=O) groups excluding carboxylic acids is 1. The Kier molecular flexibility index (Phi) is 7.16. The fourth-order valence-corrected chi connectivity index (χ4v) is 3.88. The van der Waals surface area contributed by atoms with E-state index < -0.39 is 0 Å². The summed E-state index contributed by atoms with van der Waals surface area (Å²) in [6.07, 6.45) is 6.49. The Labute approximate surface area is 196 Å². The fraction of sp³-hybridized carbons (Fsp3) is 0.318. The second-order valence-corrected chi connectivity index (χ2v) is 7.83. The number of aromatic nitrogens is 4. The van der Waals surface area contributed by atoms with Crippen LogP contribution < -0.4 is 20.3 Å². The molecule has 0 saturated carbocycles. The number of nitrogens with one attached hydrogen (secondary N) is 2. The van der Waals surface area contributed by atoms with Crippen molar-refractivity contribution < 1.29 is 14.6 Å². The summed E-state index contributed by atoms with van der Waals surface area (Å²) in [5, 5.41) is 16.1. The Hall–Kier alpha value is -3.50. The van der Waals surface area contributed by atoms with Gasteiger partial charge in [-0.2, -0.15) is 4.98 Å². The lowest BCUT2D eigenvalue weighted by molar-refractivity contribution is 0.0950. The number of hydrogen-bond donors (Lipinski definition) is 3. The highest BCUT2D eigenvalue weighted by Gasteiger charge is 2.27. The van der Waals surface area contributed by atoms with E-state index >= 15 is 0 Å². The Bertz CT molecular complexity index is 1120. The molecule has 1 atom stereocenters. The van der Waals surface area contributed by atoms with Gasteiger partial charge < -0.3 is 25.4 Å². The molecule has 0 aliphatic carbocycles. The van der Waals surface area contributed by atoms with Crippen LogP contribution in [-0.2, 0) is 6.54 Å². The molecule has 0 bridgehead atoms. The molecule has 0 unspecified atom stereocenters. The molecule has 172 valence electrons. The van der Waals surface area contributed by atoms with Crippen LogP contribution >= 0.6 is 11.6 Å². The molecule has 1 fully saturated rings. The second kappa shape index (κ2) is 10.4. The average Bonchev–Trinajstić information content (AvgIpc) is 3.32. The van der Waals surface area contributed by atoms with Crippen LogP contribution in [0, 0.1) is 0 Å². The highest BCUT2D eigenvalue weighted by atomic mass is 35.5. The third kappa shape index (κ3) is 5.29. The van der Waals surface area contributed by atoms with Crippen molar-refractivity contribution in [3.8, 4) is 5.75 Å². The molecule has 1 aliphatic rings. The van der Waals surface area contributed by atoms with Gasteiger partial charge in [-0.3, -0.25) is 4.79 Å². The number of rotatable bonds is 8. The van der Waals surface area contributed by atoms with E-state index in [1.807, 2.05) is 4.90 Å². The van der Waals surface area contributed by atoms with Crippen molar-refractivity contribution >= 4 is 35.0 Å². The van der Waals surface area contributed by atoms with E-state index in [1.165, 1.54) is 13.3 Å². The van der Waals surface area contributed by atoms with Gasteiger partial charge in [0.2, 0.25) is 5.95 Å². The van der Waals surface area contributed by atoms with Crippen LogP contribution in [0.15, 0.2) is 42.9 Å². The number of aliphatic hydroxyl groups excluding tert-OH is 1. The van der Waals surface area contributed by atoms with Crippen molar-refractivity contribution in [2.45, 2.75) is 25.4 Å². The maximum absolute atomic E-state index is 13.0. The summed E-state index contributed by atoms with van der Waals surface area (Å²) in [5.74, 6) is 1.40. The van der Waals surface area contributed by atoms with Crippen molar-refractivity contribution in [3.05, 3.63) is 59.3 Å². The summed E-state index contributed by atoms with van der Waals surface area (Å²) < 4.78 is 5.21. The minimum atomic E-state index is -0.378. The molecule has 2 aromatic heterocycles. The van der Waals surface area contributed by atoms with E-state index in [-0.39, 0.29) is 30.7 Å². The zero-order valence-electron chi connectivity index (χ0n) is 18.0. The average molecular weight is 470 g/mol. The number of methoxy groups -OCH3 is 1. The van der Waals surface area contributed by atoms with Gasteiger partial charge in [0, 0.05) is 30.8 Å². The van der Waals surface area contributed by atoms with Crippen molar-refractivity contribution in [1.29, 1.82) is 0 Å². The van der Waals surface area contributed by atoms with Gasteiger partial charge >= 0.3 is 0 Å². The predicted molar refractivity (Wildman–Crippen MR) is 124 cm³/mol. The Balaban J connectivity index is 1.63. The first-order valence-corrected chi connectivity index (χ1v) is 10.9. The van der Waals surface area contributed by atoms with Crippen LogP contribution in [0.25, 0.3) is 0 Å². The smallest absolute Gasteiger partial charge is 0.257 e. The fourth-order valence-electron chi connectivity index (χ4n) is 3.62. The number of anilines is 3. The first kappa shape index (κ1) is 22.7. The number of amides is 1. The van der Waals surface area contributed by atoms with Gasteiger partial charge in [0.1, 0.15) is 23.0 Å². The number of aliphatic hydroxyl groups is 1. The topological polar surface area (TPSA) is 125 Å². The number of halogens is 1. The highest BCUT2D eigenvalue weighted by molar-refractivity contribution is 6.32. The Morgan fingerprint density at radius 1 is 1.30 bits per heavy atom. The van der Waals surface area contributed by atoms with Gasteiger partial charge in [0.15, 0.2) is 0 Å². The third-order valence-electron chi connectivity index (χ3n) is 5.31. The van der Waals surface area contributed by atoms with Crippen molar-refractivity contribution in [2.24, 2.45) is 0 Å². The third-order valence-corrected chi connectivity index (χ3v) is 5.60. The lowest BCUT2D eigenvalue weighted by Gasteiger charge is -2.24. The molecule has 11 heteroatoms. The molecule has 3 heterocycles. The van der Waals surface area contributed by atoms with Crippen molar-refractivity contribution in [1.82, 2.24) is 25.3 Å². The summed E-state index contributed by atoms with van der Waals surface area (Å²) in [4.78, 5) is 32.2. The molecule has 10 nitrogen and oxygen atoms in total. The molecule has 1 amide bonds. The summed E-state index contributed by atoms with van der Waals surface area (Å²) >= 11 is 6.26. The van der Waals surface area contributed by atoms with E-state index in [9.17, 15) is 9.90 Å². The number of ether oxygens (including phenoxy) is 1. The van der Waals surface area contributed by atoms with Crippen LogP contribution in [0.1, 0.15) is 29.0 Å². The van der Waals surface area contributed by atoms with E-state index in [2.05, 4.69) is 30.6 Å². The maximum Gasteiger partial charge on any atom is 0.257 e.